The van der Waals surface area contributed by atoms with Crippen LogP contribution in [0.4, 0.5) is 4.79 Å². The van der Waals surface area contributed by atoms with Gasteiger partial charge in [-0.1, -0.05) is 12.1 Å². The van der Waals surface area contributed by atoms with E-state index in [4.69, 9.17) is 4.74 Å². The van der Waals surface area contributed by atoms with E-state index in [0.717, 1.165) is 10.8 Å². The molecule has 0 aliphatic heterocycles. The fourth-order valence-corrected chi connectivity index (χ4v) is 2.12. The Kier molecular flexibility index (Phi) is 5.18. The van der Waals surface area contributed by atoms with Crippen LogP contribution in [0.15, 0.2) is 36.7 Å². The average Bonchev–Trinajstić information content (AvgIpc) is 2.49. The van der Waals surface area contributed by atoms with Gasteiger partial charge in [0.15, 0.2) is 0 Å². The number of carbonyl (C=O) groups is 1. The maximum atomic E-state index is 11.6. The Balaban J connectivity index is 1.98. The van der Waals surface area contributed by atoms with Crippen LogP contribution in [-0.4, -0.2) is 39.5 Å². The van der Waals surface area contributed by atoms with Gasteiger partial charge in [0.25, 0.3) is 0 Å². The first-order valence-corrected chi connectivity index (χ1v) is 7.43. The van der Waals surface area contributed by atoms with Gasteiger partial charge < -0.3 is 20.3 Å². The van der Waals surface area contributed by atoms with Crippen LogP contribution < -0.4 is 5.32 Å². The van der Waals surface area contributed by atoms with Crippen LogP contribution >= 0.6 is 0 Å². The first-order chi connectivity index (χ1) is 10.8. The van der Waals surface area contributed by atoms with Gasteiger partial charge in [-0.2, -0.15) is 0 Å². The summed E-state index contributed by atoms with van der Waals surface area (Å²) in [6, 6.07) is 7.18. The second-order valence-electron chi connectivity index (χ2n) is 6.38. The zero-order valence-electron chi connectivity index (χ0n) is 13.5. The Hall–Kier alpha value is -2.18. The van der Waals surface area contributed by atoms with Crippen molar-refractivity contribution in [2.24, 2.45) is 0 Å². The van der Waals surface area contributed by atoms with Crippen molar-refractivity contribution in [1.82, 2.24) is 10.3 Å². The molecule has 1 aromatic carbocycles. The zero-order chi connectivity index (χ0) is 17.0. The van der Waals surface area contributed by atoms with Crippen molar-refractivity contribution in [3.63, 3.8) is 0 Å². The van der Waals surface area contributed by atoms with Gasteiger partial charge >= 0.3 is 6.09 Å². The summed E-state index contributed by atoms with van der Waals surface area (Å²) in [5.74, 6) is 0. The van der Waals surface area contributed by atoms with E-state index < -0.39 is 23.9 Å². The molecule has 0 saturated heterocycles. The molecule has 0 aliphatic carbocycles. The summed E-state index contributed by atoms with van der Waals surface area (Å²) in [4.78, 5) is 15.6. The van der Waals surface area contributed by atoms with Crippen LogP contribution in [0.1, 0.15) is 32.4 Å². The Bertz CT molecular complexity index is 682. The van der Waals surface area contributed by atoms with Crippen molar-refractivity contribution in [2.75, 3.05) is 6.54 Å². The molecule has 1 amide bonds. The lowest BCUT2D eigenvalue weighted by Crippen LogP contribution is -2.38. The summed E-state index contributed by atoms with van der Waals surface area (Å²) in [5, 5.41) is 24.6. The van der Waals surface area contributed by atoms with Crippen LogP contribution in [0.25, 0.3) is 10.8 Å². The van der Waals surface area contributed by atoms with Crippen molar-refractivity contribution in [2.45, 2.75) is 38.6 Å². The van der Waals surface area contributed by atoms with E-state index in [2.05, 4.69) is 10.3 Å². The van der Waals surface area contributed by atoms with Gasteiger partial charge in [-0.3, -0.25) is 4.98 Å². The Morgan fingerprint density at radius 2 is 2.00 bits per heavy atom. The number of rotatable bonds is 4. The molecule has 6 nitrogen and oxygen atoms in total. The molecule has 0 fully saturated rings. The molecule has 124 valence electrons. The number of amides is 1. The van der Waals surface area contributed by atoms with Gasteiger partial charge in [0.2, 0.25) is 0 Å². The molecule has 1 aromatic heterocycles. The third kappa shape index (κ3) is 4.91. The standard InChI is InChI=1S/C17H22N2O4/c1-17(2,3)23-16(22)19-10-14(20)15(21)12-4-5-13-9-18-7-6-11(13)8-12/h4-9,14-15,20-21H,10H2,1-3H3,(H,19,22). The number of aliphatic hydroxyl groups excluding tert-OH is 2. The lowest BCUT2D eigenvalue weighted by Gasteiger charge is -2.22. The van der Waals surface area contributed by atoms with Gasteiger partial charge in [-0.25, -0.2) is 4.79 Å². The maximum Gasteiger partial charge on any atom is 0.407 e. The molecule has 3 N–H and O–H groups in total. The average molecular weight is 318 g/mol. The Morgan fingerprint density at radius 1 is 1.26 bits per heavy atom. The largest absolute Gasteiger partial charge is 0.444 e. The number of carbonyl (C=O) groups excluding carboxylic acids is 1. The normalized spacial score (nSPS) is 14.3. The predicted molar refractivity (Wildman–Crippen MR) is 86.9 cm³/mol. The highest BCUT2D eigenvalue weighted by Gasteiger charge is 2.21. The van der Waals surface area contributed by atoms with E-state index in [9.17, 15) is 15.0 Å². The molecule has 0 bridgehead atoms. The summed E-state index contributed by atoms with van der Waals surface area (Å²) in [6.07, 6.45) is 0.517. The summed E-state index contributed by atoms with van der Waals surface area (Å²) in [6.45, 7) is 5.15. The van der Waals surface area contributed by atoms with Gasteiger partial charge in [0.1, 0.15) is 17.8 Å². The van der Waals surface area contributed by atoms with Crippen LogP contribution in [0.3, 0.4) is 0 Å². The SMILES string of the molecule is CC(C)(C)OC(=O)NCC(O)C(O)c1ccc2cnccc2c1. The summed E-state index contributed by atoms with van der Waals surface area (Å²) >= 11 is 0. The van der Waals surface area contributed by atoms with Crippen LogP contribution in [0, 0.1) is 0 Å². The number of hydrogen-bond acceptors (Lipinski definition) is 5. The molecule has 0 radical (unpaired) electrons. The minimum absolute atomic E-state index is 0.107. The molecule has 1 heterocycles. The smallest absolute Gasteiger partial charge is 0.407 e. The van der Waals surface area contributed by atoms with E-state index >= 15 is 0 Å². The van der Waals surface area contributed by atoms with Crippen molar-refractivity contribution < 1.29 is 19.7 Å². The molecule has 23 heavy (non-hydrogen) atoms. The van der Waals surface area contributed by atoms with Gasteiger partial charge in [-0.15, -0.1) is 0 Å². The number of alkyl carbamates (subject to hydrolysis) is 1. The fourth-order valence-electron chi connectivity index (χ4n) is 2.12. The second kappa shape index (κ2) is 6.93. The van der Waals surface area contributed by atoms with E-state index in [-0.39, 0.29) is 6.54 Å². The van der Waals surface area contributed by atoms with E-state index in [0.29, 0.717) is 5.56 Å². The third-order valence-corrected chi connectivity index (χ3v) is 3.23. The number of ether oxygens (including phenoxy) is 1. The lowest BCUT2D eigenvalue weighted by atomic mass is 10.0. The van der Waals surface area contributed by atoms with Crippen LogP contribution in [-0.2, 0) is 4.74 Å². The van der Waals surface area contributed by atoms with Gasteiger partial charge in [-0.05, 0) is 43.9 Å². The molecule has 2 unspecified atom stereocenters. The fraction of sp³-hybridized carbons (Fsp3) is 0.412. The van der Waals surface area contributed by atoms with Gasteiger partial charge in [0.05, 0.1) is 0 Å². The van der Waals surface area contributed by atoms with E-state index in [1.54, 1.807) is 45.3 Å². The number of nitrogens with one attached hydrogen (secondary N) is 1. The molecular weight excluding hydrogens is 296 g/mol. The lowest BCUT2D eigenvalue weighted by molar-refractivity contribution is 0.0130. The maximum absolute atomic E-state index is 11.6. The van der Waals surface area contributed by atoms with Crippen molar-refractivity contribution in [3.8, 4) is 0 Å². The third-order valence-electron chi connectivity index (χ3n) is 3.23. The van der Waals surface area contributed by atoms with Gasteiger partial charge in [0, 0.05) is 24.3 Å². The Labute approximate surface area is 135 Å². The number of nitrogens with zero attached hydrogens (tertiary/aromatic N) is 1. The number of aromatic nitrogens is 1. The summed E-state index contributed by atoms with van der Waals surface area (Å²) < 4.78 is 5.08. The molecule has 0 spiro atoms. The summed E-state index contributed by atoms with van der Waals surface area (Å²) in [7, 11) is 0. The molecule has 0 aliphatic rings. The molecule has 2 rings (SSSR count). The van der Waals surface area contributed by atoms with E-state index in [1.807, 2.05) is 12.1 Å². The van der Waals surface area contributed by atoms with Crippen LogP contribution in [0.2, 0.25) is 0 Å². The van der Waals surface area contributed by atoms with E-state index in [1.165, 1.54) is 0 Å². The minimum Gasteiger partial charge on any atom is -0.444 e. The highest BCUT2D eigenvalue weighted by Crippen LogP contribution is 2.22. The molecule has 2 atom stereocenters. The first kappa shape index (κ1) is 17.2. The Morgan fingerprint density at radius 3 is 2.70 bits per heavy atom. The molecule has 6 heteroatoms. The zero-order valence-corrected chi connectivity index (χ0v) is 13.5. The monoisotopic (exact) mass is 318 g/mol. The van der Waals surface area contributed by atoms with Crippen LogP contribution in [0.5, 0.6) is 0 Å². The van der Waals surface area contributed by atoms with Crippen molar-refractivity contribution in [1.29, 1.82) is 0 Å². The molecule has 2 aromatic rings. The number of hydrogen-bond donors (Lipinski definition) is 3. The predicted octanol–water partition coefficient (Wildman–Crippen LogP) is 2.15. The number of fused-ring (bicyclic) bond motifs is 1. The molecular formula is C17H22N2O4. The van der Waals surface area contributed by atoms with Crippen molar-refractivity contribution >= 4 is 16.9 Å². The summed E-state index contributed by atoms with van der Waals surface area (Å²) in [5.41, 5.74) is -0.0396. The van der Waals surface area contributed by atoms with Crippen molar-refractivity contribution in [3.05, 3.63) is 42.2 Å². The number of benzene rings is 1. The second-order valence-corrected chi connectivity index (χ2v) is 6.38. The highest BCUT2D eigenvalue weighted by molar-refractivity contribution is 5.82. The molecule has 0 saturated carbocycles. The highest BCUT2D eigenvalue weighted by atomic mass is 16.6. The minimum atomic E-state index is -1.14. The first-order valence-electron chi connectivity index (χ1n) is 7.43. The topological polar surface area (TPSA) is 91.7 Å². The number of pyridine rings is 1. The quantitative estimate of drug-likeness (QED) is 0.803. The number of aliphatic hydroxyl groups is 2.